The highest BCUT2D eigenvalue weighted by molar-refractivity contribution is 5.30. The molecule has 0 radical (unpaired) electrons. The molecule has 1 rings (SSSR count). The number of hydrogen-bond acceptors (Lipinski definition) is 1. The van der Waals surface area contributed by atoms with Crippen LogP contribution in [0.25, 0.3) is 0 Å². The molecular formula is C15H25N. The van der Waals surface area contributed by atoms with E-state index in [-0.39, 0.29) is 0 Å². The van der Waals surface area contributed by atoms with Crippen molar-refractivity contribution in [3.05, 3.63) is 34.9 Å². The molecule has 0 aliphatic carbocycles. The van der Waals surface area contributed by atoms with Crippen LogP contribution in [0.5, 0.6) is 0 Å². The van der Waals surface area contributed by atoms with Crippen LogP contribution in [0.15, 0.2) is 18.2 Å². The molecule has 0 saturated carbocycles. The molecule has 1 unspecified atom stereocenters. The van der Waals surface area contributed by atoms with Gasteiger partial charge in [0.25, 0.3) is 0 Å². The first kappa shape index (κ1) is 13.2. The van der Waals surface area contributed by atoms with Gasteiger partial charge in [0.15, 0.2) is 0 Å². The lowest BCUT2D eigenvalue weighted by atomic mass is 9.98. The third kappa shape index (κ3) is 3.97. The zero-order valence-electron chi connectivity index (χ0n) is 11.1. The highest BCUT2D eigenvalue weighted by atomic mass is 14.9. The maximum Gasteiger partial charge on any atom is 0.0107 e. The molecule has 1 atom stereocenters. The third-order valence-electron chi connectivity index (χ3n) is 3.18. The summed E-state index contributed by atoms with van der Waals surface area (Å²) in [6.07, 6.45) is 3.67. The second-order valence-corrected chi connectivity index (χ2v) is 4.67. The van der Waals surface area contributed by atoms with Crippen molar-refractivity contribution in [1.29, 1.82) is 0 Å². The van der Waals surface area contributed by atoms with Crippen molar-refractivity contribution in [2.24, 2.45) is 0 Å². The number of benzene rings is 1. The average Bonchev–Trinajstić information content (AvgIpc) is 2.24. The Balaban J connectivity index is 2.65. The second kappa shape index (κ2) is 6.70. The standard InChI is InChI=1S/C15H25N/c1-5-7-15(16-6-2)11-14-9-8-12(3)13(4)10-14/h8-10,15-16H,5-7,11H2,1-4H3. The van der Waals surface area contributed by atoms with E-state index in [1.807, 2.05) is 0 Å². The molecule has 0 aliphatic rings. The van der Waals surface area contributed by atoms with Gasteiger partial charge in [-0.25, -0.2) is 0 Å². The summed E-state index contributed by atoms with van der Waals surface area (Å²) in [5.41, 5.74) is 4.26. The van der Waals surface area contributed by atoms with Crippen LogP contribution in [0.2, 0.25) is 0 Å². The summed E-state index contributed by atoms with van der Waals surface area (Å²) in [6, 6.07) is 7.47. The zero-order valence-corrected chi connectivity index (χ0v) is 11.1. The summed E-state index contributed by atoms with van der Waals surface area (Å²) in [4.78, 5) is 0. The van der Waals surface area contributed by atoms with Gasteiger partial charge in [-0.1, -0.05) is 38.5 Å². The average molecular weight is 219 g/mol. The lowest BCUT2D eigenvalue weighted by molar-refractivity contribution is 0.486. The molecule has 0 aromatic heterocycles. The Labute approximate surface area is 100 Å². The first-order valence-electron chi connectivity index (χ1n) is 6.46. The molecule has 0 fully saturated rings. The van der Waals surface area contributed by atoms with Gasteiger partial charge in [-0.05, 0) is 49.9 Å². The van der Waals surface area contributed by atoms with E-state index in [0.717, 1.165) is 13.0 Å². The second-order valence-electron chi connectivity index (χ2n) is 4.67. The molecule has 0 spiro atoms. The van der Waals surface area contributed by atoms with E-state index in [9.17, 15) is 0 Å². The maximum atomic E-state index is 3.57. The largest absolute Gasteiger partial charge is 0.314 e. The van der Waals surface area contributed by atoms with Crippen LogP contribution in [0.3, 0.4) is 0 Å². The Kier molecular flexibility index (Phi) is 5.54. The van der Waals surface area contributed by atoms with Crippen LogP contribution in [0, 0.1) is 13.8 Å². The fraction of sp³-hybridized carbons (Fsp3) is 0.600. The normalized spacial score (nSPS) is 12.8. The monoisotopic (exact) mass is 219 g/mol. The maximum absolute atomic E-state index is 3.57. The van der Waals surface area contributed by atoms with Crippen molar-refractivity contribution in [3.8, 4) is 0 Å². The van der Waals surface area contributed by atoms with Gasteiger partial charge >= 0.3 is 0 Å². The fourth-order valence-corrected chi connectivity index (χ4v) is 2.13. The number of likely N-dealkylation sites (N-methyl/N-ethyl adjacent to an activating group) is 1. The van der Waals surface area contributed by atoms with E-state index in [1.54, 1.807) is 0 Å². The molecule has 0 heterocycles. The lowest BCUT2D eigenvalue weighted by Crippen LogP contribution is -2.30. The molecule has 1 nitrogen and oxygen atoms in total. The number of nitrogens with one attached hydrogen (secondary N) is 1. The molecule has 16 heavy (non-hydrogen) atoms. The summed E-state index contributed by atoms with van der Waals surface area (Å²) in [7, 11) is 0. The van der Waals surface area contributed by atoms with Gasteiger partial charge in [-0.3, -0.25) is 0 Å². The van der Waals surface area contributed by atoms with E-state index in [2.05, 4.69) is 51.2 Å². The number of aryl methyl sites for hydroxylation is 2. The smallest absolute Gasteiger partial charge is 0.0107 e. The van der Waals surface area contributed by atoms with Gasteiger partial charge in [-0.2, -0.15) is 0 Å². The van der Waals surface area contributed by atoms with E-state index in [1.165, 1.54) is 29.5 Å². The van der Waals surface area contributed by atoms with Gasteiger partial charge in [-0.15, -0.1) is 0 Å². The van der Waals surface area contributed by atoms with Crippen LogP contribution in [0.1, 0.15) is 43.4 Å². The summed E-state index contributed by atoms with van der Waals surface area (Å²) in [5.74, 6) is 0. The lowest BCUT2D eigenvalue weighted by Gasteiger charge is -2.17. The molecule has 0 amide bonds. The predicted octanol–water partition coefficient (Wildman–Crippen LogP) is 3.62. The van der Waals surface area contributed by atoms with Crippen molar-refractivity contribution in [2.75, 3.05) is 6.54 Å². The molecule has 0 saturated heterocycles. The van der Waals surface area contributed by atoms with Crippen molar-refractivity contribution >= 4 is 0 Å². The first-order chi connectivity index (χ1) is 7.67. The van der Waals surface area contributed by atoms with E-state index < -0.39 is 0 Å². The number of hydrogen-bond donors (Lipinski definition) is 1. The fourth-order valence-electron chi connectivity index (χ4n) is 2.13. The molecule has 1 heteroatoms. The van der Waals surface area contributed by atoms with Crippen LogP contribution < -0.4 is 5.32 Å². The van der Waals surface area contributed by atoms with E-state index in [0.29, 0.717) is 6.04 Å². The van der Waals surface area contributed by atoms with Crippen molar-refractivity contribution in [1.82, 2.24) is 5.32 Å². The zero-order chi connectivity index (χ0) is 12.0. The van der Waals surface area contributed by atoms with Gasteiger partial charge in [0.1, 0.15) is 0 Å². The van der Waals surface area contributed by atoms with E-state index >= 15 is 0 Å². The molecular weight excluding hydrogens is 194 g/mol. The van der Waals surface area contributed by atoms with Crippen molar-refractivity contribution in [3.63, 3.8) is 0 Å². The van der Waals surface area contributed by atoms with Gasteiger partial charge in [0.05, 0.1) is 0 Å². The topological polar surface area (TPSA) is 12.0 Å². The predicted molar refractivity (Wildman–Crippen MR) is 72.0 cm³/mol. The highest BCUT2D eigenvalue weighted by Crippen LogP contribution is 2.13. The minimum Gasteiger partial charge on any atom is -0.314 e. The highest BCUT2D eigenvalue weighted by Gasteiger charge is 2.07. The van der Waals surface area contributed by atoms with Gasteiger partial charge in [0, 0.05) is 6.04 Å². The number of rotatable bonds is 6. The van der Waals surface area contributed by atoms with Gasteiger partial charge < -0.3 is 5.32 Å². The Morgan fingerprint density at radius 3 is 2.44 bits per heavy atom. The third-order valence-corrected chi connectivity index (χ3v) is 3.18. The quantitative estimate of drug-likeness (QED) is 0.770. The van der Waals surface area contributed by atoms with E-state index in [4.69, 9.17) is 0 Å². The minimum absolute atomic E-state index is 0.636. The Hall–Kier alpha value is -0.820. The van der Waals surface area contributed by atoms with Crippen LogP contribution in [-0.4, -0.2) is 12.6 Å². The van der Waals surface area contributed by atoms with Crippen molar-refractivity contribution in [2.45, 2.75) is 53.0 Å². The summed E-state index contributed by atoms with van der Waals surface area (Å²) < 4.78 is 0. The Morgan fingerprint density at radius 2 is 1.88 bits per heavy atom. The Morgan fingerprint density at radius 1 is 1.12 bits per heavy atom. The summed E-state index contributed by atoms with van der Waals surface area (Å²) >= 11 is 0. The van der Waals surface area contributed by atoms with Crippen LogP contribution >= 0.6 is 0 Å². The minimum atomic E-state index is 0.636. The summed E-state index contributed by atoms with van der Waals surface area (Å²) in [6.45, 7) is 9.87. The summed E-state index contributed by atoms with van der Waals surface area (Å²) in [5, 5.41) is 3.57. The van der Waals surface area contributed by atoms with Crippen LogP contribution in [0.4, 0.5) is 0 Å². The van der Waals surface area contributed by atoms with Crippen LogP contribution in [-0.2, 0) is 6.42 Å². The SMILES string of the molecule is CCCC(Cc1ccc(C)c(C)c1)NCC. The van der Waals surface area contributed by atoms with Gasteiger partial charge in [0.2, 0.25) is 0 Å². The molecule has 1 N–H and O–H groups in total. The molecule has 0 aliphatic heterocycles. The Bertz CT molecular complexity index is 311. The molecule has 1 aromatic carbocycles. The van der Waals surface area contributed by atoms with Crippen molar-refractivity contribution < 1.29 is 0 Å². The molecule has 0 bridgehead atoms. The molecule has 90 valence electrons. The molecule has 1 aromatic rings. The first-order valence-corrected chi connectivity index (χ1v) is 6.46.